The number of fused-ring (bicyclic) bond motifs is 1. The van der Waals surface area contributed by atoms with Gasteiger partial charge in [-0.2, -0.15) is 5.10 Å². The van der Waals surface area contributed by atoms with Crippen LogP contribution in [-0.2, 0) is 12.8 Å². The van der Waals surface area contributed by atoms with E-state index in [4.69, 9.17) is 5.73 Å². The van der Waals surface area contributed by atoms with Crippen molar-refractivity contribution in [3.05, 3.63) is 52.8 Å². The van der Waals surface area contributed by atoms with Crippen LogP contribution < -0.4 is 11.1 Å². The molecule has 3 rings (SSSR count). The number of aromatic amines is 1. The number of H-pyrrole nitrogens is 1. The van der Waals surface area contributed by atoms with Crippen LogP contribution in [0.4, 0.5) is 0 Å². The second-order valence-electron chi connectivity index (χ2n) is 5.11. The zero-order valence-electron chi connectivity index (χ0n) is 11.2. The molecule has 1 aromatic carbocycles. The minimum Gasteiger partial charge on any atom is -0.349 e. The Hall–Kier alpha value is -2.14. The topological polar surface area (TPSA) is 83.8 Å². The number of nitrogens with two attached hydrogens (primary N) is 1. The third-order valence-electron chi connectivity index (χ3n) is 3.73. The van der Waals surface area contributed by atoms with Gasteiger partial charge in [0.1, 0.15) is 0 Å². The van der Waals surface area contributed by atoms with Crippen LogP contribution in [0.3, 0.4) is 0 Å². The monoisotopic (exact) mass is 270 g/mol. The Morgan fingerprint density at radius 2 is 2.15 bits per heavy atom. The zero-order chi connectivity index (χ0) is 13.9. The summed E-state index contributed by atoms with van der Waals surface area (Å²) in [5.74, 6) is -0.143. The van der Waals surface area contributed by atoms with E-state index in [1.54, 1.807) is 0 Å². The van der Waals surface area contributed by atoms with E-state index in [1.807, 2.05) is 30.3 Å². The van der Waals surface area contributed by atoms with Gasteiger partial charge in [0.15, 0.2) is 5.69 Å². The summed E-state index contributed by atoms with van der Waals surface area (Å²) >= 11 is 0. The van der Waals surface area contributed by atoms with Gasteiger partial charge in [0.05, 0.1) is 0 Å². The minimum absolute atomic E-state index is 0.143. The highest BCUT2D eigenvalue weighted by Crippen LogP contribution is 2.22. The van der Waals surface area contributed by atoms with Gasteiger partial charge in [-0.1, -0.05) is 30.3 Å². The van der Waals surface area contributed by atoms with E-state index in [9.17, 15) is 4.79 Å². The molecular weight excluding hydrogens is 252 g/mol. The van der Waals surface area contributed by atoms with E-state index in [0.29, 0.717) is 12.2 Å². The van der Waals surface area contributed by atoms with Crippen LogP contribution in [0.1, 0.15) is 39.8 Å². The van der Waals surface area contributed by atoms with Crippen LogP contribution >= 0.6 is 0 Å². The van der Waals surface area contributed by atoms with Crippen molar-refractivity contribution in [3.8, 4) is 0 Å². The quantitative estimate of drug-likeness (QED) is 0.783. The maximum Gasteiger partial charge on any atom is 0.272 e. The molecule has 1 heterocycles. The van der Waals surface area contributed by atoms with Crippen molar-refractivity contribution in [2.75, 3.05) is 6.54 Å². The Kier molecular flexibility index (Phi) is 3.52. The van der Waals surface area contributed by atoms with E-state index in [0.717, 1.165) is 36.1 Å². The predicted octanol–water partition coefficient (Wildman–Crippen LogP) is 1.33. The van der Waals surface area contributed by atoms with Gasteiger partial charge in [-0.05, 0) is 24.8 Å². The molecule has 0 saturated carbocycles. The first-order chi connectivity index (χ1) is 9.75. The summed E-state index contributed by atoms with van der Waals surface area (Å²) < 4.78 is 0. The lowest BCUT2D eigenvalue weighted by molar-refractivity contribution is 0.0945. The molecule has 0 fully saturated rings. The molecule has 0 radical (unpaired) electrons. The van der Waals surface area contributed by atoms with Crippen molar-refractivity contribution in [3.63, 3.8) is 0 Å². The number of amides is 1. The predicted molar refractivity (Wildman–Crippen MR) is 76.3 cm³/mol. The van der Waals surface area contributed by atoms with Crippen LogP contribution in [-0.4, -0.2) is 22.6 Å². The molecule has 0 bridgehead atoms. The molecule has 1 aromatic heterocycles. The van der Waals surface area contributed by atoms with Crippen LogP contribution in [0.25, 0.3) is 0 Å². The smallest absolute Gasteiger partial charge is 0.272 e. The highest BCUT2D eigenvalue weighted by atomic mass is 16.1. The molecule has 1 atom stereocenters. The van der Waals surface area contributed by atoms with Crippen molar-refractivity contribution >= 4 is 5.91 Å². The van der Waals surface area contributed by atoms with Crippen molar-refractivity contribution in [2.45, 2.75) is 25.3 Å². The molecule has 0 saturated heterocycles. The third kappa shape index (κ3) is 2.44. The van der Waals surface area contributed by atoms with Crippen molar-refractivity contribution < 1.29 is 4.79 Å². The second-order valence-corrected chi connectivity index (χ2v) is 5.11. The molecule has 0 spiro atoms. The molecule has 5 heteroatoms. The summed E-state index contributed by atoms with van der Waals surface area (Å²) in [7, 11) is 0. The molecule has 104 valence electrons. The molecule has 2 aromatic rings. The van der Waals surface area contributed by atoms with Crippen LogP contribution in [0.2, 0.25) is 0 Å². The van der Waals surface area contributed by atoms with Crippen molar-refractivity contribution in [2.24, 2.45) is 5.73 Å². The normalized spacial score (nSPS) is 14.8. The molecule has 20 heavy (non-hydrogen) atoms. The Morgan fingerprint density at radius 3 is 2.95 bits per heavy atom. The summed E-state index contributed by atoms with van der Waals surface area (Å²) in [5, 5.41) is 9.92. The molecule has 1 amide bonds. The van der Waals surface area contributed by atoms with Gasteiger partial charge in [-0.25, -0.2) is 0 Å². The molecule has 0 aliphatic heterocycles. The Labute approximate surface area is 117 Å². The standard InChI is InChI=1S/C15H18N4O/c16-12(10-5-2-1-3-6-10)9-17-15(20)14-11-7-4-8-13(11)18-19-14/h1-3,5-6,12H,4,7-9,16H2,(H,17,20)(H,18,19). The average Bonchev–Trinajstić information content (AvgIpc) is 3.08. The lowest BCUT2D eigenvalue weighted by Crippen LogP contribution is -2.32. The lowest BCUT2D eigenvalue weighted by Gasteiger charge is -2.12. The van der Waals surface area contributed by atoms with Gasteiger partial charge in [-0.15, -0.1) is 0 Å². The largest absolute Gasteiger partial charge is 0.349 e. The number of benzene rings is 1. The Bertz CT molecular complexity index is 606. The van der Waals surface area contributed by atoms with Crippen molar-refractivity contribution in [1.82, 2.24) is 15.5 Å². The maximum absolute atomic E-state index is 12.2. The van der Waals surface area contributed by atoms with Gasteiger partial charge in [-0.3, -0.25) is 9.89 Å². The highest BCUT2D eigenvalue weighted by molar-refractivity contribution is 5.94. The number of hydrogen-bond acceptors (Lipinski definition) is 3. The molecule has 1 unspecified atom stereocenters. The highest BCUT2D eigenvalue weighted by Gasteiger charge is 2.23. The first-order valence-electron chi connectivity index (χ1n) is 6.90. The van der Waals surface area contributed by atoms with Gasteiger partial charge in [0, 0.05) is 23.8 Å². The molecule has 1 aliphatic carbocycles. The van der Waals surface area contributed by atoms with E-state index in [1.165, 1.54) is 0 Å². The second kappa shape index (κ2) is 5.46. The summed E-state index contributed by atoms with van der Waals surface area (Å²) in [6.45, 7) is 0.407. The third-order valence-corrected chi connectivity index (χ3v) is 3.73. The van der Waals surface area contributed by atoms with Crippen LogP contribution in [0.15, 0.2) is 30.3 Å². The van der Waals surface area contributed by atoms with Gasteiger partial charge >= 0.3 is 0 Å². The Balaban J connectivity index is 1.62. The molecular formula is C15H18N4O. The fourth-order valence-electron chi connectivity index (χ4n) is 2.61. The number of nitrogens with zero attached hydrogens (tertiary/aromatic N) is 1. The summed E-state index contributed by atoms with van der Waals surface area (Å²) in [4.78, 5) is 12.2. The van der Waals surface area contributed by atoms with Crippen molar-refractivity contribution in [1.29, 1.82) is 0 Å². The van der Waals surface area contributed by atoms with E-state index in [-0.39, 0.29) is 11.9 Å². The zero-order valence-corrected chi connectivity index (χ0v) is 11.2. The summed E-state index contributed by atoms with van der Waals surface area (Å²) in [6.07, 6.45) is 3.01. The first kappa shape index (κ1) is 12.9. The number of carbonyl (C=O) groups is 1. The number of rotatable bonds is 4. The Morgan fingerprint density at radius 1 is 1.35 bits per heavy atom. The summed E-state index contributed by atoms with van der Waals surface area (Å²) in [5.41, 5.74) is 9.77. The number of nitrogens with one attached hydrogen (secondary N) is 2. The summed E-state index contributed by atoms with van der Waals surface area (Å²) in [6, 6.07) is 9.55. The fraction of sp³-hybridized carbons (Fsp3) is 0.333. The fourth-order valence-corrected chi connectivity index (χ4v) is 2.61. The number of carbonyl (C=O) groups excluding carboxylic acids is 1. The van der Waals surface area contributed by atoms with Crippen LogP contribution in [0.5, 0.6) is 0 Å². The van der Waals surface area contributed by atoms with Gasteiger partial charge < -0.3 is 11.1 Å². The number of aryl methyl sites for hydroxylation is 1. The average molecular weight is 270 g/mol. The molecule has 4 N–H and O–H groups in total. The minimum atomic E-state index is -0.202. The van der Waals surface area contributed by atoms with E-state index >= 15 is 0 Å². The maximum atomic E-state index is 12.2. The van der Waals surface area contributed by atoms with Gasteiger partial charge in [0.2, 0.25) is 0 Å². The molecule has 5 nitrogen and oxygen atoms in total. The van der Waals surface area contributed by atoms with Crippen LogP contribution in [0, 0.1) is 0 Å². The molecule has 1 aliphatic rings. The first-order valence-corrected chi connectivity index (χ1v) is 6.90. The lowest BCUT2D eigenvalue weighted by atomic mass is 10.1. The SMILES string of the molecule is NC(CNC(=O)c1n[nH]c2c1CCC2)c1ccccc1. The number of hydrogen-bond donors (Lipinski definition) is 3. The number of aromatic nitrogens is 2. The van der Waals surface area contributed by atoms with E-state index in [2.05, 4.69) is 15.5 Å². The van der Waals surface area contributed by atoms with E-state index < -0.39 is 0 Å². The van der Waals surface area contributed by atoms with Gasteiger partial charge in [0.25, 0.3) is 5.91 Å².